The third kappa shape index (κ3) is 4.42. The Kier molecular flexibility index (Phi) is 7.94. The van der Waals surface area contributed by atoms with Crippen molar-refractivity contribution in [2.75, 3.05) is 12.3 Å². The number of nitrogens with one attached hydrogen (secondary N) is 2. The van der Waals surface area contributed by atoms with Crippen LogP contribution in [-0.4, -0.2) is 37.3 Å². The Morgan fingerprint density at radius 3 is 2.50 bits per heavy atom. The molecule has 0 aliphatic carbocycles. The molecule has 10 nitrogen and oxygen atoms in total. The number of hydrogen-bond donors (Lipinski definition) is 4. The van der Waals surface area contributed by atoms with E-state index in [2.05, 4.69) is 10.3 Å². The summed E-state index contributed by atoms with van der Waals surface area (Å²) in [4.78, 5) is 27.3. The first kappa shape index (κ1) is 23.4. The zero-order valence-electron chi connectivity index (χ0n) is 15.6. The van der Waals surface area contributed by atoms with Gasteiger partial charge >= 0.3 is 11.6 Å². The van der Waals surface area contributed by atoms with Crippen LogP contribution in [0.2, 0.25) is 0 Å². The molecule has 11 heteroatoms. The topological polar surface area (TPSA) is 153 Å². The smallest absolute Gasteiger partial charge is 0.355 e. The number of aliphatic hydroxyl groups is 1. The van der Waals surface area contributed by atoms with Crippen LogP contribution in [0.3, 0.4) is 0 Å². The van der Waals surface area contributed by atoms with Gasteiger partial charge in [0, 0.05) is 27.2 Å². The number of benzene rings is 1. The van der Waals surface area contributed by atoms with E-state index < -0.39 is 17.4 Å². The highest BCUT2D eigenvalue weighted by Gasteiger charge is 2.24. The summed E-state index contributed by atoms with van der Waals surface area (Å²) in [6, 6.07) is 9.85. The van der Waals surface area contributed by atoms with E-state index in [0.717, 1.165) is 10.1 Å². The van der Waals surface area contributed by atoms with Crippen molar-refractivity contribution in [3.63, 3.8) is 0 Å². The molecule has 0 radical (unpaired) electrons. The first-order chi connectivity index (χ1) is 12.4. The van der Waals surface area contributed by atoms with Crippen LogP contribution in [0.5, 0.6) is 0 Å². The van der Waals surface area contributed by atoms with E-state index in [1.807, 2.05) is 30.3 Å². The molecule has 2 heterocycles. The summed E-state index contributed by atoms with van der Waals surface area (Å²) in [6.45, 7) is 1.09. The van der Waals surface area contributed by atoms with E-state index in [1.54, 1.807) is 7.05 Å². The summed E-state index contributed by atoms with van der Waals surface area (Å²) >= 11 is 0. The number of imidazole rings is 1. The molecule has 0 spiro atoms. The van der Waals surface area contributed by atoms with E-state index in [9.17, 15) is 14.7 Å². The largest absolute Gasteiger partial charge is 1.00 e. The van der Waals surface area contributed by atoms with Crippen LogP contribution in [-0.2, 0) is 27.2 Å². The molecule has 1 unspecified atom stereocenters. The second-order valence-corrected chi connectivity index (χ2v) is 6.29. The van der Waals surface area contributed by atoms with Crippen molar-refractivity contribution < 1.29 is 27.6 Å². The molecule has 28 heavy (non-hydrogen) atoms. The first-order valence-electron chi connectivity index (χ1n) is 8.30. The highest BCUT2D eigenvalue weighted by molar-refractivity contribution is 5.67. The van der Waals surface area contributed by atoms with Gasteiger partial charge in [0.15, 0.2) is 0 Å². The van der Waals surface area contributed by atoms with Crippen molar-refractivity contribution in [2.24, 2.45) is 14.1 Å². The molecule has 1 atom stereocenters. The van der Waals surface area contributed by atoms with Crippen molar-refractivity contribution in [1.29, 1.82) is 0 Å². The lowest BCUT2D eigenvalue weighted by Gasteiger charge is -2.11. The second kappa shape index (κ2) is 9.51. The Labute approximate surface area is 166 Å². The Morgan fingerprint density at radius 2 is 1.86 bits per heavy atom. The summed E-state index contributed by atoms with van der Waals surface area (Å²) < 4.78 is 3.85. The monoisotopic (exact) mass is 412 g/mol. The van der Waals surface area contributed by atoms with Gasteiger partial charge in [-0.05, 0) is 5.56 Å². The predicted octanol–water partition coefficient (Wildman–Crippen LogP) is -5.23. The van der Waals surface area contributed by atoms with Gasteiger partial charge in [-0.1, -0.05) is 30.3 Å². The molecule has 0 aliphatic heterocycles. The normalized spacial score (nSPS) is 11.7. The maximum Gasteiger partial charge on any atom is 0.355 e. The molecule has 0 bridgehead atoms. The minimum absolute atomic E-state index is 0. The summed E-state index contributed by atoms with van der Waals surface area (Å²) in [5.74, 6) is 0.209. The molecule has 0 saturated carbocycles. The van der Waals surface area contributed by atoms with Crippen LogP contribution in [0.1, 0.15) is 5.56 Å². The molecule has 2 aromatic heterocycles. The summed E-state index contributed by atoms with van der Waals surface area (Å²) in [5, 5.41) is 13.5. The molecule has 3 rings (SSSR count). The van der Waals surface area contributed by atoms with Gasteiger partial charge in [0.2, 0.25) is 11.2 Å². The molecule has 7 N–H and O–H groups in total. The van der Waals surface area contributed by atoms with Gasteiger partial charge in [0.1, 0.15) is 0 Å². The SMILES string of the molecule is Cn1c(=O)c2c([nH]c(N)[n+]2CC(O)CNCc2ccccc2)n(C)c1=O.O.[Cl-]. The average molecular weight is 413 g/mol. The number of hydrogen-bond acceptors (Lipinski definition) is 5. The Balaban J connectivity index is 0.00000196. The number of fused-ring (bicyclic) bond motifs is 1. The van der Waals surface area contributed by atoms with Crippen LogP contribution < -0.4 is 39.3 Å². The maximum atomic E-state index is 12.5. The minimum atomic E-state index is -0.757. The van der Waals surface area contributed by atoms with Gasteiger partial charge in [0.25, 0.3) is 5.56 Å². The van der Waals surface area contributed by atoms with Gasteiger partial charge in [-0.15, -0.1) is 0 Å². The van der Waals surface area contributed by atoms with E-state index >= 15 is 0 Å². The molecular weight excluding hydrogens is 388 g/mol. The zero-order chi connectivity index (χ0) is 18.8. The lowest BCUT2D eigenvalue weighted by atomic mass is 10.2. The zero-order valence-corrected chi connectivity index (χ0v) is 16.4. The van der Waals surface area contributed by atoms with Crippen LogP contribution in [0.25, 0.3) is 11.2 Å². The Hall–Kier alpha value is -2.66. The molecule has 0 aliphatic rings. The highest BCUT2D eigenvalue weighted by atomic mass is 35.5. The van der Waals surface area contributed by atoms with Crippen molar-refractivity contribution in [1.82, 2.24) is 19.4 Å². The molecule has 0 fully saturated rings. The number of nitrogen functional groups attached to an aromatic ring is 1. The van der Waals surface area contributed by atoms with Crippen LogP contribution >= 0.6 is 0 Å². The lowest BCUT2D eigenvalue weighted by Crippen LogP contribution is -3.00. The molecule has 0 saturated heterocycles. The van der Waals surface area contributed by atoms with Gasteiger partial charge in [-0.25, -0.2) is 14.3 Å². The number of halogens is 1. The van der Waals surface area contributed by atoms with Gasteiger partial charge in [0.05, 0.1) is 12.6 Å². The number of nitrogens with two attached hydrogens (primary N) is 1. The fraction of sp³-hybridized carbons (Fsp3) is 0.353. The van der Waals surface area contributed by atoms with E-state index in [-0.39, 0.29) is 35.9 Å². The standard InChI is InChI=1S/C17H22N6O3.ClH.H2O/c1-21-14-13(15(25)22(2)17(21)26)23(16(18)20-14)10-12(24)9-19-8-11-6-4-3-5-7-11;;/h3-7,12,19,24H,8-10H2,1-2H3,(H2,18,20,25);1H;1H2. The van der Waals surface area contributed by atoms with E-state index in [4.69, 9.17) is 5.73 Å². The fourth-order valence-electron chi connectivity index (χ4n) is 2.97. The molecule has 1 aromatic carbocycles. The van der Waals surface area contributed by atoms with Crippen molar-refractivity contribution in [3.05, 3.63) is 56.7 Å². The van der Waals surface area contributed by atoms with Crippen LogP contribution in [0.4, 0.5) is 5.95 Å². The summed E-state index contributed by atoms with van der Waals surface area (Å²) in [6.07, 6.45) is -0.757. The third-order valence-electron chi connectivity index (χ3n) is 4.39. The Bertz CT molecular complexity index is 1040. The fourth-order valence-corrected chi connectivity index (χ4v) is 2.97. The number of aliphatic hydroxyl groups excluding tert-OH is 1. The highest BCUT2D eigenvalue weighted by Crippen LogP contribution is 2.04. The van der Waals surface area contributed by atoms with Gasteiger partial charge in [-0.3, -0.25) is 19.7 Å². The second-order valence-electron chi connectivity index (χ2n) is 6.29. The van der Waals surface area contributed by atoms with Crippen LogP contribution in [0, 0.1) is 0 Å². The summed E-state index contributed by atoms with van der Waals surface area (Å²) in [5.41, 5.74) is 6.78. The number of aryl methyl sites for hydroxylation is 1. The van der Waals surface area contributed by atoms with Gasteiger partial charge < -0.3 is 28.3 Å². The predicted molar refractivity (Wildman–Crippen MR) is 101 cm³/mol. The number of rotatable bonds is 6. The van der Waals surface area contributed by atoms with E-state index in [1.165, 1.54) is 16.2 Å². The number of nitrogens with zero attached hydrogens (tertiary/aromatic N) is 3. The summed E-state index contributed by atoms with van der Waals surface area (Å²) in [7, 11) is 2.97. The van der Waals surface area contributed by atoms with Crippen LogP contribution in [0.15, 0.2) is 39.9 Å². The quantitative estimate of drug-likeness (QED) is 0.298. The molecule has 154 valence electrons. The van der Waals surface area contributed by atoms with Crippen molar-refractivity contribution in [2.45, 2.75) is 19.2 Å². The Morgan fingerprint density at radius 1 is 1.21 bits per heavy atom. The maximum absolute atomic E-state index is 12.5. The van der Waals surface area contributed by atoms with E-state index in [0.29, 0.717) is 18.7 Å². The first-order valence-corrected chi connectivity index (χ1v) is 8.30. The number of H-pyrrole nitrogens is 1. The molecule has 3 aromatic rings. The molecule has 0 amide bonds. The third-order valence-corrected chi connectivity index (χ3v) is 4.39. The minimum Gasteiger partial charge on any atom is -1.00 e. The lowest BCUT2D eigenvalue weighted by molar-refractivity contribution is -0.664. The number of anilines is 1. The number of aromatic amines is 1. The number of aromatic nitrogens is 4. The van der Waals surface area contributed by atoms with Crippen molar-refractivity contribution >= 4 is 17.1 Å². The van der Waals surface area contributed by atoms with Crippen molar-refractivity contribution in [3.8, 4) is 0 Å². The van der Waals surface area contributed by atoms with Gasteiger partial charge in [-0.2, -0.15) is 0 Å². The molecular formula is C17H25ClN6O4. The average Bonchev–Trinajstić information content (AvgIpc) is 2.95.